The molecule has 0 saturated carbocycles. The Hall–Kier alpha value is -2.93. The Morgan fingerprint density at radius 3 is 2.70 bits per heavy atom. The van der Waals surface area contributed by atoms with Crippen LogP contribution in [0.5, 0.6) is 5.75 Å². The second kappa shape index (κ2) is 8.64. The van der Waals surface area contributed by atoms with Gasteiger partial charge in [-0.05, 0) is 66.8 Å². The van der Waals surface area contributed by atoms with Crippen LogP contribution in [0.2, 0.25) is 0 Å². The molecule has 3 rings (SSSR count). The van der Waals surface area contributed by atoms with Crippen LogP contribution in [0.1, 0.15) is 5.56 Å². The molecule has 7 heteroatoms. The Morgan fingerprint density at radius 2 is 1.93 bits per heavy atom. The van der Waals surface area contributed by atoms with Gasteiger partial charge in [-0.25, -0.2) is 0 Å². The number of benzene rings is 2. The molecular weight excluding hydrogens is 358 g/mol. The standard InChI is InChI=1S/C20H25N5OS/c1-21-17-9-7-16(11-14(17)5-4-10-25(2)3)26-13-22-15-6-8-18-19(12-15)24-20(27)23-18/h4,6-12,21-22H,5,13H2,1-3H3,(H2,23,24,27). The van der Waals surface area contributed by atoms with Crippen LogP contribution in [-0.2, 0) is 6.42 Å². The summed E-state index contributed by atoms with van der Waals surface area (Å²) in [6, 6.07) is 12.1. The molecule has 0 unspecified atom stereocenters. The fourth-order valence-electron chi connectivity index (χ4n) is 2.81. The highest BCUT2D eigenvalue weighted by Gasteiger charge is 2.03. The van der Waals surface area contributed by atoms with Crippen LogP contribution in [0, 0.1) is 4.77 Å². The van der Waals surface area contributed by atoms with Crippen LogP contribution in [0.15, 0.2) is 48.7 Å². The Bertz CT molecular complexity index is 989. The second-order valence-electron chi connectivity index (χ2n) is 6.43. The number of allylic oxidation sites excluding steroid dienone is 1. The van der Waals surface area contributed by atoms with Crippen LogP contribution < -0.4 is 15.4 Å². The number of H-pyrrole nitrogens is 2. The van der Waals surface area contributed by atoms with Crippen LogP contribution in [0.4, 0.5) is 11.4 Å². The number of nitrogens with zero attached hydrogens (tertiary/aromatic N) is 1. The van der Waals surface area contributed by atoms with Gasteiger partial charge in [0.15, 0.2) is 11.5 Å². The monoisotopic (exact) mass is 383 g/mol. The fraction of sp³-hybridized carbons (Fsp3) is 0.250. The molecule has 0 aliphatic rings. The van der Waals surface area contributed by atoms with E-state index in [1.165, 1.54) is 5.56 Å². The van der Waals surface area contributed by atoms with Crippen molar-refractivity contribution in [3.8, 4) is 5.75 Å². The molecule has 1 heterocycles. The van der Waals surface area contributed by atoms with Crippen molar-refractivity contribution < 1.29 is 4.74 Å². The van der Waals surface area contributed by atoms with Crippen LogP contribution in [0.25, 0.3) is 11.0 Å². The third-order valence-corrected chi connectivity index (χ3v) is 4.32. The lowest BCUT2D eigenvalue weighted by atomic mass is 10.1. The molecule has 6 nitrogen and oxygen atoms in total. The molecule has 2 aromatic carbocycles. The highest BCUT2D eigenvalue weighted by atomic mass is 32.1. The molecule has 1 aromatic heterocycles. The van der Waals surface area contributed by atoms with Gasteiger partial charge in [0.25, 0.3) is 0 Å². The zero-order chi connectivity index (χ0) is 19.2. The summed E-state index contributed by atoms with van der Waals surface area (Å²) in [5.74, 6) is 0.830. The van der Waals surface area contributed by atoms with E-state index in [1.54, 1.807) is 0 Å². The molecule has 0 amide bonds. The summed E-state index contributed by atoms with van der Waals surface area (Å²) >= 11 is 5.12. The van der Waals surface area contributed by atoms with E-state index < -0.39 is 0 Å². The smallest absolute Gasteiger partial charge is 0.175 e. The van der Waals surface area contributed by atoms with E-state index in [-0.39, 0.29) is 0 Å². The summed E-state index contributed by atoms with van der Waals surface area (Å²) in [6.07, 6.45) is 5.02. The molecule has 4 N–H and O–H groups in total. The first-order valence-corrected chi connectivity index (χ1v) is 9.18. The topological polar surface area (TPSA) is 68.1 Å². The van der Waals surface area contributed by atoms with E-state index in [0.29, 0.717) is 11.5 Å². The van der Waals surface area contributed by atoms with Gasteiger partial charge in [-0.2, -0.15) is 0 Å². The minimum Gasteiger partial charge on any atom is -0.473 e. The summed E-state index contributed by atoms with van der Waals surface area (Å²) in [6.45, 7) is 0.378. The Kier molecular flexibility index (Phi) is 6.03. The fourth-order valence-corrected chi connectivity index (χ4v) is 3.03. The first-order valence-electron chi connectivity index (χ1n) is 8.77. The number of aromatic nitrogens is 2. The predicted molar refractivity (Wildman–Crippen MR) is 115 cm³/mol. The number of imidazole rings is 1. The molecule has 142 valence electrons. The highest BCUT2D eigenvalue weighted by Crippen LogP contribution is 2.23. The first-order chi connectivity index (χ1) is 13.0. The van der Waals surface area contributed by atoms with E-state index in [9.17, 15) is 0 Å². The Balaban J connectivity index is 1.63. The summed E-state index contributed by atoms with van der Waals surface area (Å²) in [4.78, 5) is 8.23. The van der Waals surface area contributed by atoms with Gasteiger partial charge in [-0.3, -0.25) is 0 Å². The number of ether oxygens (including phenoxy) is 1. The quantitative estimate of drug-likeness (QED) is 0.344. The first kappa shape index (κ1) is 18.8. The molecule has 0 spiro atoms. The van der Waals surface area contributed by atoms with E-state index in [4.69, 9.17) is 17.0 Å². The van der Waals surface area contributed by atoms with Gasteiger partial charge in [0.2, 0.25) is 0 Å². The maximum absolute atomic E-state index is 5.88. The average molecular weight is 384 g/mol. The second-order valence-corrected chi connectivity index (χ2v) is 6.83. The van der Waals surface area contributed by atoms with Crippen molar-refractivity contribution in [2.75, 3.05) is 38.5 Å². The van der Waals surface area contributed by atoms with Gasteiger partial charge < -0.3 is 30.2 Å². The highest BCUT2D eigenvalue weighted by molar-refractivity contribution is 7.71. The van der Waals surface area contributed by atoms with Crippen molar-refractivity contribution in [2.24, 2.45) is 0 Å². The van der Waals surface area contributed by atoms with Gasteiger partial charge in [0.05, 0.1) is 11.0 Å². The molecular formula is C20H25N5OS. The summed E-state index contributed by atoms with van der Waals surface area (Å²) in [5.41, 5.74) is 5.22. The zero-order valence-corrected chi connectivity index (χ0v) is 16.6. The molecule has 27 heavy (non-hydrogen) atoms. The Labute approximate surface area is 164 Å². The van der Waals surface area contributed by atoms with E-state index in [1.807, 2.05) is 56.4 Å². The summed E-state index contributed by atoms with van der Waals surface area (Å²) in [7, 11) is 5.95. The lowest BCUT2D eigenvalue weighted by molar-refractivity contribution is 0.346. The minimum absolute atomic E-state index is 0.378. The number of anilines is 2. The molecule has 0 aliphatic carbocycles. The number of aromatic amines is 2. The van der Waals surface area contributed by atoms with Gasteiger partial charge in [0.1, 0.15) is 5.75 Å². The van der Waals surface area contributed by atoms with Crippen molar-refractivity contribution in [2.45, 2.75) is 6.42 Å². The van der Waals surface area contributed by atoms with Crippen molar-refractivity contribution in [1.29, 1.82) is 0 Å². The number of hydrogen-bond acceptors (Lipinski definition) is 5. The van der Waals surface area contributed by atoms with Crippen molar-refractivity contribution in [1.82, 2.24) is 14.9 Å². The van der Waals surface area contributed by atoms with E-state index >= 15 is 0 Å². The third-order valence-electron chi connectivity index (χ3n) is 4.12. The van der Waals surface area contributed by atoms with Gasteiger partial charge >= 0.3 is 0 Å². The molecule has 0 radical (unpaired) electrons. The maximum Gasteiger partial charge on any atom is 0.175 e. The summed E-state index contributed by atoms with van der Waals surface area (Å²) < 4.78 is 6.51. The summed E-state index contributed by atoms with van der Waals surface area (Å²) in [5, 5.41) is 6.50. The molecule has 0 bridgehead atoms. The lowest BCUT2D eigenvalue weighted by Gasteiger charge is -2.13. The molecule has 3 aromatic rings. The number of hydrogen-bond donors (Lipinski definition) is 4. The average Bonchev–Trinajstić information content (AvgIpc) is 3.01. The van der Waals surface area contributed by atoms with Gasteiger partial charge in [-0.1, -0.05) is 6.08 Å². The van der Waals surface area contributed by atoms with Crippen LogP contribution in [-0.4, -0.2) is 42.7 Å². The molecule has 0 atom stereocenters. The molecule has 0 saturated heterocycles. The zero-order valence-electron chi connectivity index (χ0n) is 15.8. The molecule has 0 fully saturated rings. The van der Waals surface area contributed by atoms with Crippen LogP contribution >= 0.6 is 12.2 Å². The largest absolute Gasteiger partial charge is 0.473 e. The normalized spacial score (nSPS) is 11.1. The minimum atomic E-state index is 0.378. The number of nitrogens with one attached hydrogen (secondary N) is 4. The van der Waals surface area contributed by atoms with Crippen molar-refractivity contribution >= 4 is 34.6 Å². The Morgan fingerprint density at radius 1 is 1.11 bits per heavy atom. The van der Waals surface area contributed by atoms with Crippen molar-refractivity contribution in [3.05, 3.63) is 59.0 Å². The number of rotatable bonds is 8. The maximum atomic E-state index is 5.88. The molecule has 0 aliphatic heterocycles. The van der Waals surface area contributed by atoms with Gasteiger partial charge in [0, 0.05) is 32.5 Å². The van der Waals surface area contributed by atoms with Gasteiger partial charge in [-0.15, -0.1) is 0 Å². The SMILES string of the molecule is CNc1ccc(OCNc2ccc3[nH]c(=S)[nH]c3c2)cc1CC=CN(C)C. The lowest BCUT2D eigenvalue weighted by Crippen LogP contribution is -2.09. The van der Waals surface area contributed by atoms with E-state index in [2.05, 4.69) is 38.9 Å². The predicted octanol–water partition coefficient (Wildman–Crippen LogP) is 4.33. The third kappa shape index (κ3) is 5.04. The van der Waals surface area contributed by atoms with Crippen LogP contribution in [0.3, 0.4) is 0 Å². The van der Waals surface area contributed by atoms with E-state index in [0.717, 1.165) is 34.6 Å². The number of fused-ring (bicyclic) bond motifs is 1. The van der Waals surface area contributed by atoms with Crippen molar-refractivity contribution in [3.63, 3.8) is 0 Å².